The zero-order chi connectivity index (χ0) is 47.6. The Hall–Kier alpha value is -2.35. The molecule has 3 fully saturated rings. The average molecular weight is 921 g/mol. The van der Waals surface area contributed by atoms with Crippen molar-refractivity contribution in [1.82, 2.24) is 15.5 Å². The minimum atomic E-state index is -0.378. The fourth-order valence-electron chi connectivity index (χ4n) is 13.4. The smallest absolute Gasteiger partial charge is 0.410 e. The van der Waals surface area contributed by atoms with Gasteiger partial charge in [0.25, 0.3) is 0 Å². The van der Waals surface area contributed by atoms with Gasteiger partial charge >= 0.3 is 6.09 Å². The summed E-state index contributed by atoms with van der Waals surface area (Å²) in [6.45, 7) is 17.1. The highest BCUT2D eigenvalue weighted by Crippen LogP contribution is 2.67. The van der Waals surface area contributed by atoms with E-state index in [0.29, 0.717) is 44.4 Å². The van der Waals surface area contributed by atoms with Gasteiger partial charge in [0.1, 0.15) is 12.6 Å². The number of amides is 3. The first-order valence-corrected chi connectivity index (χ1v) is 28.5. The number of unbranched alkanes of at least 4 members (excludes halogenated alkanes) is 15. The molecule has 4 N–H and O–H groups in total. The molecule has 0 spiro atoms. The Labute approximate surface area is 406 Å². The summed E-state index contributed by atoms with van der Waals surface area (Å²) in [5, 5.41) is 6.13. The topological polar surface area (TPSA) is 114 Å². The Balaban J connectivity index is 1.19. The van der Waals surface area contributed by atoms with E-state index in [1.165, 1.54) is 128 Å². The van der Waals surface area contributed by atoms with Gasteiger partial charge in [0, 0.05) is 32.5 Å². The monoisotopic (exact) mass is 921 g/mol. The molecule has 0 heterocycles. The highest BCUT2D eigenvalue weighted by Gasteiger charge is 2.59. The van der Waals surface area contributed by atoms with Crippen molar-refractivity contribution in [3.05, 3.63) is 23.8 Å². The third-order valence-electron chi connectivity index (χ3n) is 17.4. The Morgan fingerprint density at radius 3 is 2.11 bits per heavy atom. The van der Waals surface area contributed by atoms with E-state index in [1.807, 2.05) is 0 Å². The third-order valence-corrected chi connectivity index (χ3v) is 17.4. The summed E-state index contributed by atoms with van der Waals surface area (Å²) in [7, 11) is 0. The van der Waals surface area contributed by atoms with Crippen molar-refractivity contribution in [3.8, 4) is 0 Å². The quantitative estimate of drug-likeness (QED) is 0.0439. The summed E-state index contributed by atoms with van der Waals surface area (Å²) in [6, 6.07) is 0. The number of hydrogen-bond acceptors (Lipinski definition) is 5. The summed E-state index contributed by atoms with van der Waals surface area (Å²) in [5.41, 5.74) is 7.83. The molecular weight excluding hydrogens is 817 g/mol. The van der Waals surface area contributed by atoms with Crippen molar-refractivity contribution in [2.24, 2.45) is 52.1 Å². The van der Waals surface area contributed by atoms with E-state index in [9.17, 15) is 14.4 Å². The maximum Gasteiger partial charge on any atom is 0.410 e. The van der Waals surface area contributed by atoms with Crippen LogP contribution in [-0.4, -0.2) is 61.6 Å². The van der Waals surface area contributed by atoms with Crippen LogP contribution in [0.4, 0.5) is 4.79 Å². The molecule has 8 heteroatoms. The van der Waals surface area contributed by atoms with Crippen LogP contribution >= 0.6 is 0 Å². The number of nitrogens with two attached hydrogens (primary N) is 1. The van der Waals surface area contributed by atoms with E-state index in [4.69, 9.17) is 10.5 Å². The van der Waals surface area contributed by atoms with Gasteiger partial charge < -0.3 is 21.1 Å². The third kappa shape index (κ3) is 18.5. The number of allylic oxidation sites excluding steroid dienone is 3. The van der Waals surface area contributed by atoms with E-state index in [1.54, 1.807) is 4.90 Å². The largest absolute Gasteiger partial charge is 0.446 e. The van der Waals surface area contributed by atoms with Gasteiger partial charge in [-0.15, -0.1) is 0 Å². The van der Waals surface area contributed by atoms with E-state index in [0.717, 1.165) is 99.7 Å². The van der Waals surface area contributed by atoms with Crippen molar-refractivity contribution in [3.63, 3.8) is 0 Å². The summed E-state index contributed by atoms with van der Waals surface area (Å²) >= 11 is 0. The van der Waals surface area contributed by atoms with Gasteiger partial charge in [-0.2, -0.15) is 0 Å². The minimum absolute atomic E-state index is 0.00213. The van der Waals surface area contributed by atoms with E-state index in [-0.39, 0.29) is 36.0 Å². The fraction of sp³-hybridized carbons (Fsp3) is 0.879. The predicted molar refractivity (Wildman–Crippen MR) is 277 cm³/mol. The highest BCUT2D eigenvalue weighted by atomic mass is 16.6. The second-order valence-corrected chi connectivity index (χ2v) is 22.9. The van der Waals surface area contributed by atoms with Crippen LogP contribution in [0.5, 0.6) is 0 Å². The Kier molecular flexibility index (Phi) is 26.4. The number of fused-ring (bicyclic) bond motifs is 5. The molecule has 0 saturated heterocycles. The van der Waals surface area contributed by atoms with Crippen LogP contribution in [-0.2, 0) is 14.3 Å². The van der Waals surface area contributed by atoms with Crippen molar-refractivity contribution in [2.75, 3.05) is 32.7 Å². The van der Waals surface area contributed by atoms with Gasteiger partial charge in [0.15, 0.2) is 0 Å². The van der Waals surface area contributed by atoms with Gasteiger partial charge in [0.05, 0.1) is 0 Å². The van der Waals surface area contributed by atoms with E-state index in [2.05, 4.69) is 70.4 Å². The molecule has 3 saturated carbocycles. The molecule has 8 atom stereocenters. The molecule has 4 aliphatic rings. The molecule has 0 radical (unpaired) electrons. The standard InChI is InChI=1S/C58H104N4O4/c1-7-8-9-10-11-12-13-14-15-16-17-18-19-20-23-31-54(63)60-42-26-27-43-62(45-55(64)61-41-25-22-21-24-40-59)56(65)66-49-36-38-57(5)48(44-49)32-33-50-52-35-34-51(47(4)30-28-29-46(2)3)58(52,6)39-37-53(50)57/h14-15,32,46-47,49-53H,7-13,16-31,33-45,59H2,1-6H3,(H,60,63)(H,61,64)/b15-14-/t47-,49+,50+,51-,52+,53+,57+,58-/m1/s1. The highest BCUT2D eigenvalue weighted by molar-refractivity contribution is 5.82. The molecule has 4 rings (SSSR count). The van der Waals surface area contributed by atoms with Crippen molar-refractivity contribution in [1.29, 1.82) is 0 Å². The molecule has 0 aliphatic heterocycles. The van der Waals surface area contributed by atoms with Crippen LogP contribution in [0, 0.1) is 46.3 Å². The zero-order valence-electron chi connectivity index (χ0n) is 43.9. The first-order valence-electron chi connectivity index (χ1n) is 28.5. The average Bonchev–Trinajstić information content (AvgIpc) is 3.65. The first kappa shape index (κ1) is 56.2. The Morgan fingerprint density at radius 1 is 0.742 bits per heavy atom. The molecule has 0 aromatic rings. The number of rotatable bonds is 34. The van der Waals surface area contributed by atoms with Crippen LogP contribution in [0.2, 0.25) is 0 Å². The summed E-state index contributed by atoms with van der Waals surface area (Å²) in [4.78, 5) is 41.3. The predicted octanol–water partition coefficient (Wildman–Crippen LogP) is 14.4. The number of carbonyl (C=O) groups is 3. The summed E-state index contributed by atoms with van der Waals surface area (Å²) < 4.78 is 6.32. The van der Waals surface area contributed by atoms with E-state index < -0.39 is 0 Å². The second kappa shape index (κ2) is 31.0. The number of hydrogen-bond donors (Lipinski definition) is 3. The lowest BCUT2D eigenvalue weighted by Gasteiger charge is -2.58. The van der Waals surface area contributed by atoms with E-state index >= 15 is 0 Å². The zero-order valence-corrected chi connectivity index (χ0v) is 43.9. The fourth-order valence-corrected chi connectivity index (χ4v) is 13.4. The molecule has 0 unspecified atom stereocenters. The van der Waals surface area contributed by atoms with Gasteiger partial charge in [0.2, 0.25) is 11.8 Å². The maximum atomic E-state index is 13.9. The first-order chi connectivity index (χ1) is 31.9. The van der Waals surface area contributed by atoms with Gasteiger partial charge in [-0.1, -0.05) is 149 Å². The van der Waals surface area contributed by atoms with Gasteiger partial charge in [-0.3, -0.25) is 14.5 Å². The molecule has 0 bridgehead atoms. The van der Waals surface area contributed by atoms with Crippen molar-refractivity contribution >= 4 is 17.9 Å². The lowest BCUT2D eigenvalue weighted by Crippen LogP contribution is -2.51. The molecule has 3 amide bonds. The second-order valence-electron chi connectivity index (χ2n) is 22.9. The number of ether oxygens (including phenoxy) is 1. The lowest BCUT2D eigenvalue weighted by atomic mass is 9.47. The molecule has 8 nitrogen and oxygen atoms in total. The van der Waals surface area contributed by atoms with Crippen LogP contribution in [0.1, 0.15) is 241 Å². The number of carbonyl (C=O) groups excluding carboxylic acids is 3. The lowest BCUT2D eigenvalue weighted by molar-refractivity contribution is -0.122. The Morgan fingerprint density at radius 2 is 1.39 bits per heavy atom. The molecule has 0 aromatic carbocycles. The molecule has 66 heavy (non-hydrogen) atoms. The van der Waals surface area contributed by atoms with Crippen LogP contribution in [0.25, 0.3) is 0 Å². The van der Waals surface area contributed by atoms with Crippen LogP contribution in [0.15, 0.2) is 23.8 Å². The SMILES string of the molecule is CCCCCCCC/C=C\CCCCCCCC(=O)NCCCCN(CC(=O)NCCCCCCN)C(=O)O[C@H]1CC[C@@]2(C)C(=CC[C@H]3[C@@H]4CC[C@H]([C@H](C)CCCC(C)C)[C@@]4(C)CC[C@@H]32)C1. The summed E-state index contributed by atoms with van der Waals surface area (Å²) in [6.07, 6.45) is 42.6. The minimum Gasteiger partial charge on any atom is -0.446 e. The van der Waals surface area contributed by atoms with Crippen LogP contribution < -0.4 is 16.4 Å². The molecule has 380 valence electrons. The molecule has 4 aliphatic carbocycles. The molecular formula is C58H104N4O4. The molecule has 0 aromatic heterocycles. The normalized spacial score (nSPS) is 26.4. The Bertz CT molecular complexity index is 1450. The van der Waals surface area contributed by atoms with Crippen molar-refractivity contribution < 1.29 is 19.1 Å². The van der Waals surface area contributed by atoms with Gasteiger partial charge in [-0.25, -0.2) is 4.79 Å². The van der Waals surface area contributed by atoms with Crippen molar-refractivity contribution in [2.45, 2.75) is 247 Å². The maximum absolute atomic E-state index is 13.9. The van der Waals surface area contributed by atoms with Gasteiger partial charge in [-0.05, 0) is 156 Å². The number of nitrogens with one attached hydrogen (secondary N) is 2. The van der Waals surface area contributed by atoms with Crippen LogP contribution in [0.3, 0.4) is 0 Å². The summed E-state index contributed by atoms with van der Waals surface area (Å²) in [5.74, 6) is 4.78. The number of nitrogens with zero attached hydrogens (tertiary/aromatic N) is 1.